The first-order valence-electron chi connectivity index (χ1n) is 7.09. The van der Waals surface area contributed by atoms with E-state index in [1.165, 1.54) is 18.3 Å². The van der Waals surface area contributed by atoms with Crippen molar-refractivity contribution in [2.45, 2.75) is 30.7 Å². The van der Waals surface area contributed by atoms with Crippen LogP contribution in [0.1, 0.15) is 34.8 Å². The van der Waals surface area contributed by atoms with Crippen molar-refractivity contribution in [3.63, 3.8) is 0 Å². The number of hydrogen-bond acceptors (Lipinski definition) is 4. The van der Waals surface area contributed by atoms with Gasteiger partial charge in [-0.05, 0) is 31.9 Å². The van der Waals surface area contributed by atoms with Gasteiger partial charge in [0.1, 0.15) is 0 Å². The molecule has 0 amide bonds. The second kappa shape index (κ2) is 5.66. The Morgan fingerprint density at radius 2 is 2.00 bits per heavy atom. The lowest BCUT2D eigenvalue weighted by atomic mass is 10.2. The number of Topliss-reactive ketones (excluding diaryl/α,β-unsaturated/α-hetero) is 1. The molecule has 0 spiro atoms. The Morgan fingerprint density at radius 1 is 1.32 bits per heavy atom. The highest BCUT2D eigenvalue weighted by molar-refractivity contribution is 7.89. The molecule has 6 nitrogen and oxygen atoms in total. The van der Waals surface area contributed by atoms with Crippen molar-refractivity contribution in [3.8, 4) is 0 Å². The standard InChI is InChI=1S/C15H17N3O3S/c1-11-2-6-14(7-3-11)22(20,21)17-9-15(19)12-8-16-18(10-12)13-4-5-13/h2-3,6-8,10,13,17H,4-5,9H2,1H3. The number of rotatable bonds is 6. The van der Waals surface area contributed by atoms with Crippen molar-refractivity contribution < 1.29 is 13.2 Å². The molecule has 1 aromatic carbocycles. The van der Waals surface area contributed by atoms with Crippen molar-refractivity contribution in [3.05, 3.63) is 47.8 Å². The summed E-state index contributed by atoms with van der Waals surface area (Å²) in [5.41, 5.74) is 1.40. The van der Waals surface area contributed by atoms with Crippen LogP contribution in [0.5, 0.6) is 0 Å². The molecule has 0 atom stereocenters. The van der Waals surface area contributed by atoms with Crippen LogP contribution in [0.15, 0.2) is 41.6 Å². The Bertz CT molecular complexity index is 790. The molecule has 1 aliphatic rings. The van der Waals surface area contributed by atoms with Gasteiger partial charge in [-0.1, -0.05) is 17.7 Å². The van der Waals surface area contributed by atoms with Gasteiger partial charge in [0.15, 0.2) is 5.78 Å². The topological polar surface area (TPSA) is 81.1 Å². The summed E-state index contributed by atoms with van der Waals surface area (Å²) in [6, 6.07) is 6.87. The van der Waals surface area contributed by atoms with Crippen LogP contribution in [-0.2, 0) is 10.0 Å². The molecular formula is C15H17N3O3S. The highest BCUT2D eigenvalue weighted by atomic mass is 32.2. The third kappa shape index (κ3) is 3.26. The van der Waals surface area contributed by atoms with E-state index in [0.29, 0.717) is 11.6 Å². The fraction of sp³-hybridized carbons (Fsp3) is 0.333. The number of aryl methyl sites for hydroxylation is 1. The molecule has 0 aliphatic heterocycles. The van der Waals surface area contributed by atoms with Gasteiger partial charge in [-0.2, -0.15) is 5.10 Å². The van der Waals surface area contributed by atoms with Crippen LogP contribution in [0.25, 0.3) is 0 Å². The van der Waals surface area contributed by atoms with Crippen molar-refractivity contribution in [1.29, 1.82) is 0 Å². The minimum Gasteiger partial charge on any atom is -0.293 e. The summed E-state index contributed by atoms with van der Waals surface area (Å²) in [5.74, 6) is -0.289. The van der Waals surface area contributed by atoms with E-state index in [0.717, 1.165) is 18.4 Å². The molecule has 2 aromatic rings. The first-order valence-corrected chi connectivity index (χ1v) is 8.58. The molecule has 7 heteroatoms. The number of aromatic nitrogens is 2. The van der Waals surface area contributed by atoms with E-state index in [1.807, 2.05) is 6.92 Å². The number of nitrogens with one attached hydrogen (secondary N) is 1. The smallest absolute Gasteiger partial charge is 0.240 e. The number of nitrogens with zero attached hydrogens (tertiary/aromatic N) is 2. The van der Waals surface area contributed by atoms with Crippen molar-refractivity contribution in [1.82, 2.24) is 14.5 Å². The highest BCUT2D eigenvalue weighted by Gasteiger charge is 2.25. The van der Waals surface area contributed by atoms with Gasteiger partial charge in [0, 0.05) is 6.20 Å². The van der Waals surface area contributed by atoms with Crippen LogP contribution < -0.4 is 4.72 Å². The third-order valence-electron chi connectivity index (χ3n) is 3.60. The van der Waals surface area contributed by atoms with Crippen LogP contribution in [-0.4, -0.2) is 30.5 Å². The quantitative estimate of drug-likeness (QED) is 0.822. The number of hydrogen-bond donors (Lipinski definition) is 1. The van der Waals surface area contributed by atoms with Crippen molar-refractivity contribution in [2.24, 2.45) is 0 Å². The summed E-state index contributed by atoms with van der Waals surface area (Å²) in [7, 11) is -3.68. The van der Waals surface area contributed by atoms with Gasteiger partial charge >= 0.3 is 0 Å². The number of benzene rings is 1. The van der Waals surface area contributed by atoms with Gasteiger partial charge in [0.25, 0.3) is 0 Å². The molecule has 3 rings (SSSR count). The molecule has 0 bridgehead atoms. The van der Waals surface area contributed by atoms with E-state index in [-0.39, 0.29) is 17.2 Å². The zero-order valence-electron chi connectivity index (χ0n) is 12.2. The molecule has 1 N–H and O–H groups in total. The molecule has 1 aliphatic carbocycles. The summed E-state index contributed by atoms with van der Waals surface area (Å²) in [6.45, 7) is 1.61. The van der Waals surface area contributed by atoms with Gasteiger partial charge in [-0.25, -0.2) is 13.1 Å². The molecule has 22 heavy (non-hydrogen) atoms. The Hall–Kier alpha value is -1.99. The van der Waals surface area contributed by atoms with Crippen molar-refractivity contribution in [2.75, 3.05) is 6.54 Å². The van der Waals surface area contributed by atoms with Crippen LogP contribution >= 0.6 is 0 Å². The van der Waals surface area contributed by atoms with Gasteiger partial charge in [-0.3, -0.25) is 9.48 Å². The molecule has 1 heterocycles. The van der Waals surface area contributed by atoms with Gasteiger partial charge < -0.3 is 0 Å². The van der Waals surface area contributed by atoms with Crippen LogP contribution in [0.3, 0.4) is 0 Å². The Balaban J connectivity index is 1.65. The zero-order chi connectivity index (χ0) is 15.7. The fourth-order valence-corrected chi connectivity index (χ4v) is 3.07. The summed E-state index contributed by atoms with van der Waals surface area (Å²) in [6.07, 6.45) is 5.33. The fourth-order valence-electron chi connectivity index (χ4n) is 2.08. The maximum atomic E-state index is 12.1. The summed E-state index contributed by atoms with van der Waals surface area (Å²) in [5, 5.41) is 4.13. The maximum Gasteiger partial charge on any atom is 0.240 e. The number of carbonyl (C=O) groups excluding carboxylic acids is 1. The Kier molecular flexibility index (Phi) is 3.84. The van der Waals surface area contributed by atoms with E-state index in [9.17, 15) is 13.2 Å². The Labute approximate surface area is 129 Å². The molecule has 0 saturated heterocycles. The van der Waals surface area contributed by atoms with Crippen LogP contribution in [0.2, 0.25) is 0 Å². The predicted molar refractivity (Wildman–Crippen MR) is 81.2 cm³/mol. The second-order valence-corrected chi connectivity index (χ2v) is 7.27. The predicted octanol–water partition coefficient (Wildman–Crippen LogP) is 1.69. The van der Waals surface area contributed by atoms with E-state index in [1.54, 1.807) is 23.0 Å². The van der Waals surface area contributed by atoms with Gasteiger partial charge in [-0.15, -0.1) is 0 Å². The summed E-state index contributed by atoms with van der Waals surface area (Å²) < 4.78 is 28.3. The zero-order valence-corrected chi connectivity index (χ0v) is 13.0. The normalized spacial score (nSPS) is 15.0. The molecular weight excluding hydrogens is 302 g/mol. The molecule has 116 valence electrons. The average molecular weight is 319 g/mol. The first-order chi connectivity index (χ1) is 10.5. The number of sulfonamides is 1. The second-order valence-electron chi connectivity index (χ2n) is 5.50. The van der Waals surface area contributed by atoms with Gasteiger partial charge in [0.05, 0.1) is 29.2 Å². The van der Waals surface area contributed by atoms with Crippen LogP contribution in [0, 0.1) is 6.92 Å². The highest BCUT2D eigenvalue weighted by Crippen LogP contribution is 2.33. The lowest BCUT2D eigenvalue weighted by Gasteiger charge is -2.05. The van der Waals surface area contributed by atoms with E-state index in [4.69, 9.17) is 0 Å². The van der Waals surface area contributed by atoms with Gasteiger partial charge in [0.2, 0.25) is 10.0 Å². The third-order valence-corrected chi connectivity index (χ3v) is 5.02. The molecule has 1 fully saturated rings. The lowest BCUT2D eigenvalue weighted by Crippen LogP contribution is -2.29. The monoisotopic (exact) mass is 319 g/mol. The summed E-state index contributed by atoms with van der Waals surface area (Å²) in [4.78, 5) is 12.2. The molecule has 1 saturated carbocycles. The van der Waals surface area contributed by atoms with E-state index >= 15 is 0 Å². The SMILES string of the molecule is Cc1ccc(S(=O)(=O)NCC(=O)c2cnn(C3CC3)c2)cc1. The van der Waals surface area contributed by atoms with Crippen molar-refractivity contribution >= 4 is 15.8 Å². The maximum absolute atomic E-state index is 12.1. The lowest BCUT2D eigenvalue weighted by molar-refractivity contribution is 0.0997. The number of ketones is 1. The van der Waals surface area contributed by atoms with E-state index in [2.05, 4.69) is 9.82 Å². The molecule has 0 unspecified atom stereocenters. The minimum atomic E-state index is -3.68. The Morgan fingerprint density at radius 3 is 2.64 bits per heavy atom. The first kappa shape index (κ1) is 14.9. The molecule has 0 radical (unpaired) electrons. The minimum absolute atomic E-state index is 0.152. The largest absolute Gasteiger partial charge is 0.293 e. The number of carbonyl (C=O) groups is 1. The average Bonchev–Trinajstić information content (AvgIpc) is 3.23. The van der Waals surface area contributed by atoms with E-state index < -0.39 is 10.0 Å². The molecule has 1 aromatic heterocycles. The summed E-state index contributed by atoms with van der Waals surface area (Å²) >= 11 is 0. The van der Waals surface area contributed by atoms with Crippen LogP contribution in [0.4, 0.5) is 0 Å².